The van der Waals surface area contributed by atoms with Crippen LogP contribution in [0.25, 0.3) is 0 Å². The normalized spacial score (nSPS) is 11.6. The van der Waals surface area contributed by atoms with Crippen LogP contribution in [-0.2, 0) is 8.23 Å². The molecule has 0 saturated carbocycles. The van der Waals surface area contributed by atoms with Crippen molar-refractivity contribution in [1.29, 1.82) is 0 Å². The molecule has 0 saturated heterocycles. The minimum Gasteiger partial charge on any atom is -0.436 e. The molecule has 0 N–H and O–H groups in total. The van der Waals surface area contributed by atoms with Crippen molar-refractivity contribution in [2.45, 2.75) is 64.6 Å². The molecule has 0 aliphatic heterocycles. The minimum absolute atomic E-state index is 0.607. The Morgan fingerprint density at radius 2 is 1.60 bits per heavy atom. The fourth-order valence-electron chi connectivity index (χ4n) is 1.40. The van der Waals surface area contributed by atoms with Gasteiger partial charge in [-0.25, -0.2) is 0 Å². The Labute approximate surface area is 102 Å². The summed E-state index contributed by atoms with van der Waals surface area (Å²) >= 11 is 0. The van der Waals surface area contributed by atoms with Crippen LogP contribution in [0.2, 0.25) is 19.1 Å². The molecule has 2 nitrogen and oxygen atoms in total. The first kappa shape index (κ1) is 15.6. The lowest BCUT2D eigenvalue weighted by molar-refractivity contribution is 0.446. The summed E-state index contributed by atoms with van der Waals surface area (Å²) in [5.41, 5.74) is 0. The summed E-state index contributed by atoms with van der Waals surface area (Å²) in [6.07, 6.45) is 8.01. The van der Waals surface area contributed by atoms with Gasteiger partial charge in [-0.05, 0) is 19.1 Å². The van der Waals surface area contributed by atoms with E-state index in [1.807, 2.05) is 0 Å². The summed E-state index contributed by atoms with van der Waals surface area (Å²) in [5, 5.41) is 0. The van der Waals surface area contributed by atoms with Crippen LogP contribution in [-0.4, -0.2) is 28.8 Å². The lowest BCUT2D eigenvalue weighted by Crippen LogP contribution is -2.27. The topological polar surface area (TPSA) is 18.5 Å². The van der Waals surface area contributed by atoms with E-state index in [2.05, 4.69) is 30.5 Å². The predicted molar refractivity (Wildman–Crippen MR) is 69.3 cm³/mol. The quantitative estimate of drug-likeness (QED) is 0.443. The van der Waals surface area contributed by atoms with Gasteiger partial charge in [0.15, 0.2) is 9.04 Å². The lowest BCUT2D eigenvalue weighted by atomic mass is 10.1. The zero-order valence-corrected chi connectivity index (χ0v) is 13.3. The van der Waals surface area contributed by atoms with Gasteiger partial charge < -0.3 is 8.23 Å². The van der Waals surface area contributed by atoms with Crippen molar-refractivity contribution in [3.05, 3.63) is 0 Å². The number of unbranched alkanes of at least 4 members (excludes halogenated alkanes) is 5. The standard InChI is InChI=1S/C10H23O2Si3/c1-4-5-6-7-8-9-10-15(11-13)12-14(2)3/h4-10H2,1-3H3. The Morgan fingerprint density at radius 3 is 2.13 bits per heavy atom. The van der Waals surface area contributed by atoms with Crippen molar-refractivity contribution in [1.82, 2.24) is 0 Å². The molecular weight excluding hydrogens is 236 g/mol. The molecule has 0 aliphatic carbocycles. The monoisotopic (exact) mass is 259 g/mol. The minimum atomic E-state index is -1.02. The highest BCUT2D eigenvalue weighted by molar-refractivity contribution is 6.62. The number of rotatable bonds is 10. The van der Waals surface area contributed by atoms with Gasteiger partial charge in [-0.1, -0.05) is 45.4 Å². The molecule has 0 amide bonds. The van der Waals surface area contributed by atoms with E-state index < -0.39 is 18.3 Å². The van der Waals surface area contributed by atoms with E-state index in [-0.39, 0.29) is 0 Å². The Bertz CT molecular complexity index is 134. The second kappa shape index (κ2) is 11.1. The molecule has 0 aliphatic rings. The summed E-state index contributed by atoms with van der Waals surface area (Å²) < 4.78 is 11.0. The van der Waals surface area contributed by atoms with E-state index in [0.717, 1.165) is 6.04 Å². The molecule has 0 fully saturated rings. The summed E-state index contributed by atoms with van der Waals surface area (Å²) in [5.74, 6) is 0. The molecule has 5 heteroatoms. The SMILES string of the molecule is CCCCCCCC[Si](O[Si])O[Si](C)C. The lowest BCUT2D eigenvalue weighted by Gasteiger charge is -2.14. The Hall–Kier alpha value is 0.571. The Balaban J connectivity index is 3.30. The molecule has 0 heterocycles. The molecule has 5 radical (unpaired) electrons. The van der Waals surface area contributed by atoms with Crippen LogP contribution >= 0.6 is 0 Å². The van der Waals surface area contributed by atoms with Gasteiger partial charge in [-0.2, -0.15) is 0 Å². The second-order valence-corrected chi connectivity index (χ2v) is 8.70. The third-order valence-electron chi connectivity index (χ3n) is 2.17. The van der Waals surface area contributed by atoms with E-state index >= 15 is 0 Å². The average molecular weight is 260 g/mol. The van der Waals surface area contributed by atoms with Gasteiger partial charge in [0.1, 0.15) is 0 Å². The first-order valence-corrected chi connectivity index (χ1v) is 10.2. The predicted octanol–water partition coefficient (Wildman–Crippen LogP) is 3.20. The maximum atomic E-state index is 5.76. The first-order chi connectivity index (χ1) is 7.20. The van der Waals surface area contributed by atoms with Crippen LogP contribution in [0.15, 0.2) is 0 Å². The molecule has 0 aromatic rings. The van der Waals surface area contributed by atoms with Crippen LogP contribution in [0.3, 0.4) is 0 Å². The highest BCUT2D eigenvalue weighted by atomic mass is 28.4. The average Bonchev–Trinajstić information content (AvgIpc) is 2.20. The molecule has 0 aromatic carbocycles. The van der Waals surface area contributed by atoms with Crippen LogP contribution in [0.4, 0.5) is 0 Å². The van der Waals surface area contributed by atoms with Crippen LogP contribution in [0, 0.1) is 0 Å². The smallest absolute Gasteiger partial charge is 0.362 e. The van der Waals surface area contributed by atoms with E-state index in [1.54, 1.807) is 0 Å². The van der Waals surface area contributed by atoms with Gasteiger partial charge in [-0.15, -0.1) is 0 Å². The second-order valence-electron chi connectivity index (χ2n) is 4.00. The van der Waals surface area contributed by atoms with Gasteiger partial charge in [0.2, 0.25) is 10.5 Å². The fourth-order valence-corrected chi connectivity index (χ4v) is 5.12. The molecule has 0 bridgehead atoms. The van der Waals surface area contributed by atoms with E-state index in [4.69, 9.17) is 8.23 Å². The van der Waals surface area contributed by atoms with E-state index in [9.17, 15) is 0 Å². The number of hydrogen-bond donors (Lipinski definition) is 0. The van der Waals surface area contributed by atoms with Gasteiger partial charge >= 0.3 is 9.28 Å². The summed E-state index contributed by atoms with van der Waals surface area (Å²) in [6.45, 7) is 6.56. The molecule has 0 spiro atoms. The first-order valence-electron chi connectivity index (χ1n) is 5.88. The third-order valence-corrected chi connectivity index (χ3v) is 6.38. The van der Waals surface area contributed by atoms with Crippen molar-refractivity contribution in [3.8, 4) is 0 Å². The maximum Gasteiger partial charge on any atom is 0.362 e. The van der Waals surface area contributed by atoms with Gasteiger partial charge in [0, 0.05) is 0 Å². The maximum absolute atomic E-state index is 5.76. The molecule has 87 valence electrons. The zero-order chi connectivity index (χ0) is 11.5. The summed E-state index contributed by atoms with van der Waals surface area (Å²) in [6, 6.07) is 1.11. The Kier molecular flexibility index (Phi) is 11.5. The molecular formula is C10H23O2Si3. The van der Waals surface area contributed by atoms with Crippen molar-refractivity contribution < 1.29 is 8.23 Å². The van der Waals surface area contributed by atoms with Gasteiger partial charge in [0.05, 0.1) is 0 Å². The summed E-state index contributed by atoms with van der Waals surface area (Å²) in [4.78, 5) is 0. The highest BCUT2D eigenvalue weighted by Gasteiger charge is 2.15. The molecule has 15 heavy (non-hydrogen) atoms. The Morgan fingerprint density at radius 1 is 1.00 bits per heavy atom. The summed E-state index contributed by atoms with van der Waals surface area (Å²) in [7, 11) is 1.50. The van der Waals surface area contributed by atoms with Crippen molar-refractivity contribution in [2.24, 2.45) is 0 Å². The van der Waals surface area contributed by atoms with Gasteiger partial charge in [-0.3, -0.25) is 0 Å². The fraction of sp³-hybridized carbons (Fsp3) is 1.00. The third kappa shape index (κ3) is 10.8. The molecule has 0 aromatic heterocycles. The zero-order valence-electron chi connectivity index (χ0n) is 10.3. The van der Waals surface area contributed by atoms with Crippen molar-refractivity contribution in [2.75, 3.05) is 0 Å². The molecule has 0 atom stereocenters. The highest BCUT2D eigenvalue weighted by Crippen LogP contribution is 2.10. The van der Waals surface area contributed by atoms with Crippen molar-refractivity contribution >= 4 is 28.8 Å². The van der Waals surface area contributed by atoms with E-state index in [1.165, 1.54) is 38.5 Å². The molecule has 0 rings (SSSR count). The van der Waals surface area contributed by atoms with Crippen LogP contribution in [0.1, 0.15) is 45.4 Å². The van der Waals surface area contributed by atoms with Crippen LogP contribution in [0.5, 0.6) is 0 Å². The van der Waals surface area contributed by atoms with Crippen molar-refractivity contribution in [3.63, 3.8) is 0 Å². The largest absolute Gasteiger partial charge is 0.436 e. The van der Waals surface area contributed by atoms with Crippen LogP contribution < -0.4 is 0 Å². The molecule has 0 unspecified atom stereocenters. The van der Waals surface area contributed by atoms with E-state index in [0.29, 0.717) is 0 Å². The number of hydrogen-bond acceptors (Lipinski definition) is 2. The van der Waals surface area contributed by atoms with Gasteiger partial charge in [0.25, 0.3) is 0 Å².